The summed E-state index contributed by atoms with van der Waals surface area (Å²) in [4.78, 5) is 9.82. The van der Waals surface area contributed by atoms with E-state index in [2.05, 4.69) is 0 Å². The van der Waals surface area contributed by atoms with Crippen LogP contribution in [-0.2, 0) is 5.88 Å². The molecule has 1 rings (SSSR count). The summed E-state index contributed by atoms with van der Waals surface area (Å²) in [6.07, 6.45) is 0. The van der Waals surface area contributed by atoms with Crippen LogP contribution in [0.3, 0.4) is 0 Å². The van der Waals surface area contributed by atoms with Crippen LogP contribution in [-0.4, -0.2) is 4.92 Å². The fraction of sp³-hybridized carbons (Fsp3) is 0.143. The summed E-state index contributed by atoms with van der Waals surface area (Å²) >= 11 is 16.8. The van der Waals surface area contributed by atoms with Gasteiger partial charge in [-0.1, -0.05) is 23.2 Å². The molecule has 0 aromatic heterocycles. The monoisotopic (exact) mass is 239 g/mol. The van der Waals surface area contributed by atoms with E-state index in [-0.39, 0.29) is 21.6 Å². The fourth-order valence-electron chi connectivity index (χ4n) is 0.870. The van der Waals surface area contributed by atoms with Gasteiger partial charge in [-0.25, -0.2) is 0 Å². The largest absolute Gasteiger partial charge is 0.306 e. The van der Waals surface area contributed by atoms with Gasteiger partial charge in [-0.2, -0.15) is 0 Å². The van der Waals surface area contributed by atoms with E-state index >= 15 is 0 Å². The van der Waals surface area contributed by atoms with Crippen LogP contribution >= 0.6 is 34.8 Å². The smallest absolute Gasteiger partial charge is 0.258 e. The van der Waals surface area contributed by atoms with Crippen molar-refractivity contribution in [2.75, 3.05) is 0 Å². The molecule has 0 saturated heterocycles. The van der Waals surface area contributed by atoms with Gasteiger partial charge in [0.2, 0.25) is 0 Å². The van der Waals surface area contributed by atoms with Gasteiger partial charge in [0.1, 0.15) is 10.0 Å². The SMILES string of the molecule is O=[N+]([O-])c1c(Cl)cc(CCl)cc1Cl. The third-order valence-corrected chi connectivity index (χ3v) is 2.30. The number of hydrogen-bond donors (Lipinski definition) is 0. The van der Waals surface area contributed by atoms with Crippen LogP contribution in [0.1, 0.15) is 5.56 Å². The molecule has 0 unspecified atom stereocenters. The zero-order valence-electron chi connectivity index (χ0n) is 6.26. The lowest BCUT2D eigenvalue weighted by Gasteiger charge is -2.00. The first-order chi connectivity index (χ1) is 6.06. The summed E-state index contributed by atoms with van der Waals surface area (Å²) in [6.45, 7) is 0. The predicted octanol–water partition coefficient (Wildman–Crippen LogP) is 3.64. The lowest BCUT2D eigenvalue weighted by molar-refractivity contribution is -0.384. The lowest BCUT2D eigenvalue weighted by Crippen LogP contribution is -1.91. The molecule has 13 heavy (non-hydrogen) atoms. The van der Waals surface area contributed by atoms with Crippen LogP contribution in [0.5, 0.6) is 0 Å². The molecular formula is C7H4Cl3NO2. The minimum atomic E-state index is -0.622. The molecule has 0 aliphatic rings. The van der Waals surface area contributed by atoms with E-state index in [1.54, 1.807) is 0 Å². The van der Waals surface area contributed by atoms with Gasteiger partial charge in [0.05, 0.1) is 4.92 Å². The van der Waals surface area contributed by atoms with E-state index < -0.39 is 4.92 Å². The van der Waals surface area contributed by atoms with E-state index in [0.717, 1.165) is 0 Å². The van der Waals surface area contributed by atoms with Gasteiger partial charge in [0, 0.05) is 5.88 Å². The molecule has 1 aromatic carbocycles. The van der Waals surface area contributed by atoms with Crippen LogP contribution in [0.4, 0.5) is 5.69 Å². The number of halogens is 3. The summed E-state index contributed by atoms with van der Waals surface area (Å²) in [5.41, 5.74) is 0.375. The summed E-state index contributed by atoms with van der Waals surface area (Å²) < 4.78 is 0. The predicted molar refractivity (Wildman–Crippen MR) is 52.7 cm³/mol. The number of nitrogens with zero attached hydrogens (tertiary/aromatic N) is 1. The Balaban J connectivity index is 3.31. The molecule has 0 N–H and O–H groups in total. The van der Waals surface area contributed by atoms with Gasteiger partial charge in [-0.3, -0.25) is 10.1 Å². The first-order valence-electron chi connectivity index (χ1n) is 3.24. The third kappa shape index (κ3) is 2.24. The number of nitro benzene ring substituents is 1. The molecule has 70 valence electrons. The maximum Gasteiger partial charge on any atom is 0.306 e. The second kappa shape index (κ2) is 4.13. The van der Waals surface area contributed by atoms with E-state index in [9.17, 15) is 10.1 Å². The molecule has 0 saturated carbocycles. The summed E-state index contributed by atoms with van der Waals surface area (Å²) in [6, 6.07) is 2.86. The molecule has 0 aliphatic carbocycles. The van der Waals surface area contributed by atoms with Crippen molar-refractivity contribution in [3.8, 4) is 0 Å². The van der Waals surface area contributed by atoms with E-state index in [0.29, 0.717) is 5.56 Å². The van der Waals surface area contributed by atoms with Gasteiger partial charge in [-0.05, 0) is 17.7 Å². The molecule has 0 atom stereocenters. The molecule has 6 heteroatoms. The topological polar surface area (TPSA) is 43.1 Å². The number of benzene rings is 1. The van der Waals surface area contributed by atoms with Crippen LogP contribution in [0.25, 0.3) is 0 Å². The van der Waals surface area contributed by atoms with Crippen LogP contribution in [0.15, 0.2) is 12.1 Å². The Morgan fingerprint density at radius 1 is 1.31 bits per heavy atom. The maximum absolute atomic E-state index is 10.4. The summed E-state index contributed by atoms with van der Waals surface area (Å²) in [7, 11) is 0. The zero-order valence-corrected chi connectivity index (χ0v) is 8.53. The highest BCUT2D eigenvalue weighted by molar-refractivity contribution is 6.38. The number of rotatable bonds is 2. The van der Waals surface area contributed by atoms with Crippen molar-refractivity contribution in [2.45, 2.75) is 5.88 Å². The van der Waals surface area contributed by atoms with Gasteiger partial charge in [0.15, 0.2) is 0 Å². The van der Waals surface area contributed by atoms with Crippen molar-refractivity contribution in [3.05, 3.63) is 37.9 Å². The minimum absolute atomic E-state index is 0.00755. The molecule has 0 amide bonds. The first-order valence-corrected chi connectivity index (χ1v) is 4.53. The van der Waals surface area contributed by atoms with Crippen molar-refractivity contribution >= 4 is 40.5 Å². The highest BCUT2D eigenvalue weighted by Crippen LogP contribution is 2.33. The van der Waals surface area contributed by atoms with Crippen LogP contribution in [0, 0.1) is 10.1 Å². The highest BCUT2D eigenvalue weighted by atomic mass is 35.5. The van der Waals surface area contributed by atoms with Crippen LogP contribution < -0.4 is 0 Å². The Morgan fingerprint density at radius 3 is 2.08 bits per heavy atom. The molecule has 0 fully saturated rings. The Hall–Kier alpha value is -0.510. The average molecular weight is 240 g/mol. The highest BCUT2D eigenvalue weighted by Gasteiger charge is 2.18. The molecule has 3 nitrogen and oxygen atoms in total. The summed E-state index contributed by atoms with van der Waals surface area (Å²) in [5, 5.41) is 10.5. The van der Waals surface area contributed by atoms with Crippen molar-refractivity contribution in [1.29, 1.82) is 0 Å². The van der Waals surface area contributed by atoms with Crippen molar-refractivity contribution in [3.63, 3.8) is 0 Å². The number of nitro groups is 1. The van der Waals surface area contributed by atoms with Crippen LogP contribution in [0.2, 0.25) is 10.0 Å². The lowest BCUT2D eigenvalue weighted by atomic mass is 10.2. The molecular weight excluding hydrogens is 236 g/mol. The second-order valence-corrected chi connectivity index (χ2v) is 3.38. The number of alkyl halides is 1. The van der Waals surface area contributed by atoms with E-state index in [1.165, 1.54) is 12.1 Å². The Labute approximate surface area is 89.4 Å². The summed E-state index contributed by atoms with van der Waals surface area (Å²) in [5.74, 6) is 0.220. The van der Waals surface area contributed by atoms with Gasteiger partial charge in [0.25, 0.3) is 0 Å². The quantitative estimate of drug-likeness (QED) is 0.450. The standard InChI is InChI=1S/C7H4Cl3NO2/c8-3-4-1-5(9)7(11(12)13)6(10)2-4/h1-2H,3H2. The van der Waals surface area contributed by atoms with E-state index in [4.69, 9.17) is 34.8 Å². The Bertz CT molecular complexity index is 331. The maximum atomic E-state index is 10.4. The fourth-order valence-corrected chi connectivity index (χ4v) is 1.69. The van der Waals surface area contributed by atoms with Gasteiger partial charge >= 0.3 is 5.69 Å². The van der Waals surface area contributed by atoms with Crippen molar-refractivity contribution in [2.24, 2.45) is 0 Å². The second-order valence-electron chi connectivity index (χ2n) is 2.30. The van der Waals surface area contributed by atoms with Gasteiger partial charge in [-0.15, -0.1) is 11.6 Å². The Kier molecular flexibility index (Phi) is 3.36. The van der Waals surface area contributed by atoms with Crippen molar-refractivity contribution in [1.82, 2.24) is 0 Å². The molecule has 1 aromatic rings. The first kappa shape index (κ1) is 10.6. The van der Waals surface area contributed by atoms with E-state index in [1.807, 2.05) is 0 Å². The molecule has 0 aliphatic heterocycles. The Morgan fingerprint density at radius 2 is 1.77 bits per heavy atom. The normalized spacial score (nSPS) is 10.1. The molecule has 0 spiro atoms. The van der Waals surface area contributed by atoms with Gasteiger partial charge < -0.3 is 0 Å². The van der Waals surface area contributed by atoms with Crippen molar-refractivity contribution < 1.29 is 4.92 Å². The average Bonchev–Trinajstić information content (AvgIpc) is 2.02. The minimum Gasteiger partial charge on any atom is -0.258 e. The third-order valence-electron chi connectivity index (χ3n) is 1.41. The zero-order chi connectivity index (χ0) is 10.0. The molecule has 0 heterocycles. The molecule has 0 radical (unpaired) electrons. The number of hydrogen-bond acceptors (Lipinski definition) is 2. The molecule has 0 bridgehead atoms.